The smallest absolute Gasteiger partial charge is 0.489 e. The fraction of sp³-hybridized carbons (Fsp3) is 0.542. The zero-order valence-corrected chi connectivity index (χ0v) is 20.1. The van der Waals surface area contributed by atoms with Crippen molar-refractivity contribution in [1.29, 1.82) is 0 Å². The van der Waals surface area contributed by atoms with Gasteiger partial charge in [0.05, 0.1) is 24.0 Å². The van der Waals surface area contributed by atoms with Gasteiger partial charge < -0.3 is 24.1 Å². The fourth-order valence-electron chi connectivity index (χ4n) is 4.05. The number of nitrogens with zero attached hydrogens (tertiary/aromatic N) is 2. The zero-order valence-electron chi connectivity index (χ0n) is 20.1. The average molecular weight is 454 g/mol. The molecule has 2 fully saturated rings. The Morgan fingerprint density at radius 1 is 1.27 bits per heavy atom. The van der Waals surface area contributed by atoms with Crippen molar-refractivity contribution in [2.75, 3.05) is 18.5 Å². The van der Waals surface area contributed by atoms with Crippen molar-refractivity contribution in [2.24, 2.45) is 0 Å². The monoisotopic (exact) mass is 454 g/mol. The van der Waals surface area contributed by atoms with E-state index in [1.54, 1.807) is 10.9 Å². The quantitative estimate of drug-likeness (QED) is 0.671. The number of nitrogens with one attached hydrogen (secondary N) is 1. The number of amides is 1. The summed E-state index contributed by atoms with van der Waals surface area (Å²) in [5.74, 6) is 0.0831. The normalized spacial score (nSPS) is 21.8. The molecule has 0 aliphatic carbocycles. The Balaban J connectivity index is 1.55. The topological polar surface area (TPSA) is 83.8 Å². The fourth-order valence-corrected chi connectivity index (χ4v) is 4.05. The van der Waals surface area contributed by atoms with E-state index in [4.69, 9.17) is 18.8 Å². The molecular weight excluding hydrogens is 421 g/mol. The van der Waals surface area contributed by atoms with Gasteiger partial charge in [-0.1, -0.05) is 12.1 Å². The summed E-state index contributed by atoms with van der Waals surface area (Å²) in [6.07, 6.45) is 4.10. The molecule has 2 aliphatic rings. The van der Waals surface area contributed by atoms with Gasteiger partial charge in [-0.2, -0.15) is 5.10 Å². The summed E-state index contributed by atoms with van der Waals surface area (Å²) in [6.45, 7) is 14.6. The van der Waals surface area contributed by atoms with Gasteiger partial charge in [-0.3, -0.25) is 4.79 Å². The number of anilines is 1. The van der Waals surface area contributed by atoms with Gasteiger partial charge in [-0.05, 0) is 77.9 Å². The molecule has 1 aromatic carbocycles. The average Bonchev–Trinajstić information content (AvgIpc) is 3.28. The number of hydrogen-bond donors (Lipinski definition) is 1. The van der Waals surface area contributed by atoms with Crippen LogP contribution in [-0.4, -0.2) is 47.2 Å². The Morgan fingerprint density at radius 3 is 2.61 bits per heavy atom. The molecule has 1 N–H and O–H groups in total. The predicted octanol–water partition coefficient (Wildman–Crippen LogP) is 3.66. The molecule has 33 heavy (non-hydrogen) atoms. The Kier molecular flexibility index (Phi) is 6.58. The van der Waals surface area contributed by atoms with Gasteiger partial charge in [0, 0.05) is 12.3 Å². The molecule has 2 aliphatic heterocycles. The van der Waals surface area contributed by atoms with Gasteiger partial charge in [0.1, 0.15) is 0 Å². The first kappa shape index (κ1) is 23.8. The predicted molar refractivity (Wildman–Crippen MR) is 127 cm³/mol. The third-order valence-electron chi connectivity index (χ3n) is 6.69. The van der Waals surface area contributed by atoms with E-state index < -0.39 is 18.3 Å². The lowest BCUT2D eigenvalue weighted by atomic mass is 9.78. The minimum atomic E-state index is -0.458. The van der Waals surface area contributed by atoms with Crippen LogP contribution >= 0.6 is 0 Å². The van der Waals surface area contributed by atoms with E-state index in [2.05, 4.69) is 17.3 Å². The zero-order chi connectivity index (χ0) is 23.8. The van der Waals surface area contributed by atoms with E-state index in [1.807, 2.05) is 52.8 Å². The second-order valence-electron chi connectivity index (χ2n) is 9.59. The minimum Gasteiger partial charge on any atom is -0.489 e. The second-order valence-corrected chi connectivity index (χ2v) is 9.59. The summed E-state index contributed by atoms with van der Waals surface area (Å²) in [4.78, 5) is 13.3. The molecule has 1 atom stereocenters. The number of aromatic nitrogens is 2. The first-order chi connectivity index (χ1) is 15.6. The van der Waals surface area contributed by atoms with E-state index in [1.165, 1.54) is 0 Å². The highest BCUT2D eigenvalue weighted by Crippen LogP contribution is 2.36. The van der Waals surface area contributed by atoms with E-state index in [9.17, 15) is 4.79 Å². The lowest BCUT2D eigenvalue weighted by molar-refractivity contribution is -0.0406. The first-order valence-corrected chi connectivity index (χ1v) is 11.5. The number of carbonyl (C=O) groups is 1. The lowest BCUT2D eigenvalue weighted by Crippen LogP contribution is -2.41. The molecule has 1 amide bonds. The van der Waals surface area contributed by atoms with Crippen LogP contribution in [0, 0.1) is 13.8 Å². The molecule has 8 nitrogen and oxygen atoms in total. The van der Waals surface area contributed by atoms with E-state index in [0.717, 1.165) is 30.3 Å². The van der Waals surface area contributed by atoms with Crippen LogP contribution in [0.4, 0.5) is 5.69 Å². The largest absolute Gasteiger partial charge is 0.494 e. The van der Waals surface area contributed by atoms with Crippen LogP contribution in [-0.2, 0) is 14.0 Å². The Hall–Kier alpha value is -2.36. The number of hydrogen-bond acceptors (Lipinski definition) is 6. The van der Waals surface area contributed by atoms with Gasteiger partial charge in [0.2, 0.25) is 0 Å². The van der Waals surface area contributed by atoms with Crippen LogP contribution in [0.15, 0.2) is 24.4 Å². The maximum atomic E-state index is 13.3. The van der Waals surface area contributed by atoms with Crippen LogP contribution in [0.5, 0.6) is 5.75 Å². The van der Waals surface area contributed by atoms with Crippen molar-refractivity contribution < 1.29 is 23.6 Å². The molecule has 1 aromatic heterocycles. The number of ether oxygens (including phenoxy) is 2. The summed E-state index contributed by atoms with van der Waals surface area (Å²) < 4.78 is 25.4. The lowest BCUT2D eigenvalue weighted by Gasteiger charge is -2.32. The van der Waals surface area contributed by atoms with Crippen LogP contribution < -0.4 is 15.5 Å². The van der Waals surface area contributed by atoms with Gasteiger partial charge in [0.15, 0.2) is 17.7 Å². The Morgan fingerprint density at radius 2 is 2.00 bits per heavy atom. The van der Waals surface area contributed by atoms with Gasteiger partial charge in [-0.25, -0.2) is 4.68 Å². The molecular formula is C24H33BN3O5. The summed E-state index contributed by atoms with van der Waals surface area (Å²) >= 11 is 0. The summed E-state index contributed by atoms with van der Waals surface area (Å²) in [5.41, 5.74) is 2.00. The maximum Gasteiger partial charge on any atom is 0.494 e. The Bertz CT molecular complexity index is 998. The van der Waals surface area contributed by atoms with Crippen LogP contribution in [0.25, 0.3) is 0 Å². The summed E-state index contributed by atoms with van der Waals surface area (Å²) in [7, 11) is -0.458. The van der Waals surface area contributed by atoms with Crippen molar-refractivity contribution in [3.8, 4) is 5.75 Å². The van der Waals surface area contributed by atoms with Crippen molar-refractivity contribution in [3.05, 3.63) is 42.6 Å². The molecule has 9 heteroatoms. The Labute approximate surface area is 196 Å². The van der Waals surface area contributed by atoms with E-state index in [-0.39, 0.29) is 18.7 Å². The molecule has 177 valence electrons. The van der Waals surface area contributed by atoms with Gasteiger partial charge in [-0.15, -0.1) is 0 Å². The van der Waals surface area contributed by atoms with Crippen LogP contribution in [0.2, 0.25) is 0 Å². The van der Waals surface area contributed by atoms with Crippen molar-refractivity contribution in [3.63, 3.8) is 0 Å². The number of benzene rings is 1. The molecule has 2 aromatic rings. The highest BCUT2D eigenvalue weighted by atomic mass is 16.7. The molecule has 1 unspecified atom stereocenters. The third-order valence-corrected chi connectivity index (χ3v) is 6.69. The van der Waals surface area contributed by atoms with Crippen LogP contribution in [0.1, 0.15) is 69.2 Å². The molecule has 0 saturated carbocycles. The second kappa shape index (κ2) is 9.12. The highest BCUT2D eigenvalue weighted by Gasteiger charge is 2.51. The number of carbonyl (C=O) groups excluding carboxylic acids is 1. The molecule has 3 heterocycles. The number of aryl methyl sites for hydroxylation is 1. The van der Waals surface area contributed by atoms with Crippen molar-refractivity contribution in [2.45, 2.75) is 71.3 Å². The van der Waals surface area contributed by atoms with Crippen molar-refractivity contribution in [1.82, 2.24) is 9.78 Å². The summed E-state index contributed by atoms with van der Waals surface area (Å²) in [5, 5.41) is 7.39. The molecule has 0 spiro atoms. The standard InChI is InChI=1S/C24H33BN3O5/c1-7-30-19-15-26-28(20-10-8-9-13-31-20)21(19)22(29)27-18-12-11-17(14-16(18)2)25-32-23(3,4)24(5,6)33-25/h11-12,14-15,20H,1,7-10,13H2,2-6H3,(H,27,29). The summed E-state index contributed by atoms with van der Waals surface area (Å²) in [6, 6.07) is 5.76. The van der Waals surface area contributed by atoms with Crippen LogP contribution in [0.3, 0.4) is 0 Å². The van der Waals surface area contributed by atoms with E-state index >= 15 is 0 Å². The third kappa shape index (κ3) is 4.67. The molecule has 1 radical (unpaired) electrons. The molecule has 2 saturated heterocycles. The highest BCUT2D eigenvalue weighted by molar-refractivity contribution is 6.62. The SMILES string of the molecule is [CH2]COc1cnn(C2CCCCO2)c1C(=O)Nc1ccc(B2OC(C)(C)C(C)(C)O2)cc1C. The van der Waals surface area contributed by atoms with Gasteiger partial charge >= 0.3 is 7.12 Å². The first-order valence-electron chi connectivity index (χ1n) is 11.5. The number of rotatable bonds is 6. The maximum absolute atomic E-state index is 13.3. The van der Waals surface area contributed by atoms with Gasteiger partial charge in [0.25, 0.3) is 5.91 Å². The van der Waals surface area contributed by atoms with E-state index in [0.29, 0.717) is 23.7 Å². The molecule has 4 rings (SSSR count). The molecule has 0 bridgehead atoms. The minimum absolute atomic E-state index is 0.194. The van der Waals surface area contributed by atoms with Crippen molar-refractivity contribution >= 4 is 24.2 Å².